The van der Waals surface area contributed by atoms with Gasteiger partial charge in [0, 0.05) is 17.8 Å². The average Bonchev–Trinajstić information content (AvgIpc) is 2.31. The van der Waals surface area contributed by atoms with E-state index in [1.165, 1.54) is 0 Å². The first-order valence-electron chi connectivity index (χ1n) is 4.16. The van der Waals surface area contributed by atoms with Crippen molar-refractivity contribution in [3.05, 3.63) is 12.2 Å². The van der Waals surface area contributed by atoms with Crippen LogP contribution < -0.4 is 0 Å². The van der Waals surface area contributed by atoms with E-state index >= 15 is 0 Å². The zero-order chi connectivity index (χ0) is 7.84. The molecule has 0 heterocycles. The molecule has 1 fully saturated rings. The summed E-state index contributed by atoms with van der Waals surface area (Å²) in [6, 6.07) is 0. The molecule has 0 aromatic carbocycles. The Morgan fingerprint density at radius 1 is 1.45 bits per heavy atom. The van der Waals surface area contributed by atoms with Gasteiger partial charge in [0.05, 0.1) is 6.61 Å². The van der Waals surface area contributed by atoms with Crippen LogP contribution in [0.25, 0.3) is 0 Å². The Morgan fingerprint density at radius 2 is 2.27 bits per heavy atom. The monoisotopic (exact) mass is 152 g/mol. The molecule has 3 unspecified atom stereocenters. The second kappa shape index (κ2) is 2.45. The molecule has 2 aliphatic carbocycles. The van der Waals surface area contributed by atoms with Crippen molar-refractivity contribution in [3.63, 3.8) is 0 Å². The van der Waals surface area contributed by atoms with Crippen molar-refractivity contribution in [1.82, 2.24) is 0 Å². The number of hydrogen-bond donors (Lipinski definition) is 1. The SMILES string of the molecule is O=C1C2C=CC(CO)C1CC2. The van der Waals surface area contributed by atoms with Crippen molar-refractivity contribution >= 4 is 5.78 Å². The number of aliphatic hydroxyl groups excluding tert-OH is 1. The van der Waals surface area contributed by atoms with Gasteiger partial charge in [-0.2, -0.15) is 0 Å². The van der Waals surface area contributed by atoms with Gasteiger partial charge in [-0.1, -0.05) is 12.2 Å². The number of hydrogen-bond acceptors (Lipinski definition) is 2. The van der Waals surface area contributed by atoms with Crippen molar-refractivity contribution in [3.8, 4) is 0 Å². The Balaban J connectivity index is 2.25. The molecule has 1 saturated carbocycles. The highest BCUT2D eigenvalue weighted by Gasteiger charge is 2.39. The molecular weight excluding hydrogens is 140 g/mol. The van der Waals surface area contributed by atoms with Crippen molar-refractivity contribution in [1.29, 1.82) is 0 Å². The van der Waals surface area contributed by atoms with Crippen LogP contribution in [0.5, 0.6) is 0 Å². The normalized spacial score (nSPS) is 41.5. The maximum Gasteiger partial charge on any atom is 0.143 e. The number of fused-ring (bicyclic) bond motifs is 2. The first kappa shape index (κ1) is 7.04. The number of rotatable bonds is 1. The number of ketones is 1. The molecule has 2 aliphatic rings. The zero-order valence-corrected chi connectivity index (χ0v) is 6.36. The molecular formula is C9H12O2. The number of allylic oxidation sites excluding steroid dienone is 1. The maximum absolute atomic E-state index is 11.4. The number of carbonyl (C=O) groups excluding carboxylic acids is 1. The summed E-state index contributed by atoms with van der Waals surface area (Å²) in [7, 11) is 0. The predicted molar refractivity (Wildman–Crippen MR) is 40.9 cm³/mol. The molecule has 2 nitrogen and oxygen atoms in total. The van der Waals surface area contributed by atoms with Crippen LogP contribution in [-0.2, 0) is 4.79 Å². The highest BCUT2D eigenvalue weighted by molar-refractivity contribution is 5.88. The van der Waals surface area contributed by atoms with Crippen LogP contribution >= 0.6 is 0 Å². The summed E-state index contributed by atoms with van der Waals surface area (Å²) in [6.45, 7) is 0.125. The minimum Gasteiger partial charge on any atom is -0.396 e. The summed E-state index contributed by atoms with van der Waals surface area (Å²) in [6.07, 6.45) is 5.94. The summed E-state index contributed by atoms with van der Waals surface area (Å²) in [5, 5.41) is 8.93. The van der Waals surface area contributed by atoms with Crippen molar-refractivity contribution in [2.75, 3.05) is 6.61 Å². The first-order valence-corrected chi connectivity index (χ1v) is 4.16. The van der Waals surface area contributed by atoms with Gasteiger partial charge in [0.2, 0.25) is 0 Å². The molecule has 2 rings (SSSR count). The fourth-order valence-electron chi connectivity index (χ4n) is 2.13. The van der Waals surface area contributed by atoms with E-state index < -0.39 is 0 Å². The van der Waals surface area contributed by atoms with E-state index in [4.69, 9.17) is 5.11 Å². The van der Waals surface area contributed by atoms with Crippen LogP contribution in [0.2, 0.25) is 0 Å². The molecule has 0 amide bonds. The van der Waals surface area contributed by atoms with Crippen LogP contribution in [0.4, 0.5) is 0 Å². The van der Waals surface area contributed by atoms with Crippen LogP contribution in [-0.4, -0.2) is 17.5 Å². The Hall–Kier alpha value is -0.630. The van der Waals surface area contributed by atoms with Crippen molar-refractivity contribution < 1.29 is 9.90 Å². The van der Waals surface area contributed by atoms with E-state index in [1.807, 2.05) is 12.2 Å². The third kappa shape index (κ3) is 0.932. The molecule has 2 heteroatoms. The third-order valence-electron chi connectivity index (χ3n) is 2.84. The van der Waals surface area contributed by atoms with Crippen LogP contribution in [0.1, 0.15) is 12.8 Å². The molecule has 0 radical (unpaired) electrons. The molecule has 0 spiro atoms. The number of Topliss-reactive ketones (excluding diaryl/α,β-unsaturated/α-hetero) is 1. The first-order chi connectivity index (χ1) is 5.33. The highest BCUT2D eigenvalue weighted by atomic mass is 16.3. The summed E-state index contributed by atoms with van der Waals surface area (Å²) in [5.74, 6) is 0.783. The zero-order valence-electron chi connectivity index (χ0n) is 6.36. The van der Waals surface area contributed by atoms with Gasteiger partial charge in [-0.25, -0.2) is 0 Å². The number of aliphatic hydroxyl groups is 1. The quantitative estimate of drug-likeness (QED) is 0.563. The van der Waals surface area contributed by atoms with E-state index in [0.29, 0.717) is 5.78 Å². The predicted octanol–water partition coefficient (Wildman–Crippen LogP) is 0.760. The lowest BCUT2D eigenvalue weighted by atomic mass is 9.85. The lowest BCUT2D eigenvalue weighted by molar-refractivity contribution is -0.124. The minimum atomic E-state index is 0.112. The van der Waals surface area contributed by atoms with Crippen molar-refractivity contribution in [2.45, 2.75) is 12.8 Å². The van der Waals surface area contributed by atoms with Gasteiger partial charge < -0.3 is 5.11 Å². The summed E-state index contributed by atoms with van der Waals surface area (Å²) < 4.78 is 0. The molecule has 2 bridgehead atoms. The van der Waals surface area contributed by atoms with Crippen LogP contribution in [0.3, 0.4) is 0 Å². The Morgan fingerprint density at radius 3 is 3.00 bits per heavy atom. The van der Waals surface area contributed by atoms with Crippen LogP contribution in [0.15, 0.2) is 12.2 Å². The Bertz CT molecular complexity index is 208. The van der Waals surface area contributed by atoms with E-state index in [9.17, 15) is 4.79 Å². The van der Waals surface area contributed by atoms with Gasteiger partial charge in [0.1, 0.15) is 5.78 Å². The second-order valence-electron chi connectivity index (χ2n) is 3.42. The van der Waals surface area contributed by atoms with E-state index in [2.05, 4.69) is 0 Å². The Kier molecular flexibility index (Phi) is 1.57. The maximum atomic E-state index is 11.4. The van der Waals surface area contributed by atoms with Gasteiger partial charge >= 0.3 is 0 Å². The van der Waals surface area contributed by atoms with E-state index in [1.54, 1.807) is 0 Å². The van der Waals surface area contributed by atoms with Crippen molar-refractivity contribution in [2.24, 2.45) is 17.8 Å². The van der Waals surface area contributed by atoms with E-state index in [-0.39, 0.29) is 24.4 Å². The second-order valence-corrected chi connectivity index (χ2v) is 3.42. The molecule has 0 saturated heterocycles. The van der Waals surface area contributed by atoms with Gasteiger partial charge in [-0.05, 0) is 12.8 Å². The fourth-order valence-corrected chi connectivity index (χ4v) is 2.13. The third-order valence-corrected chi connectivity index (χ3v) is 2.84. The highest BCUT2D eigenvalue weighted by Crippen LogP contribution is 2.37. The minimum absolute atomic E-state index is 0.112. The fraction of sp³-hybridized carbons (Fsp3) is 0.667. The molecule has 60 valence electrons. The largest absolute Gasteiger partial charge is 0.396 e. The molecule has 1 N–H and O–H groups in total. The Labute approximate surface area is 65.9 Å². The molecule has 0 aliphatic heterocycles. The topological polar surface area (TPSA) is 37.3 Å². The summed E-state index contributed by atoms with van der Waals surface area (Å²) in [5.41, 5.74) is 0. The van der Waals surface area contributed by atoms with E-state index in [0.717, 1.165) is 12.8 Å². The molecule has 11 heavy (non-hydrogen) atoms. The van der Waals surface area contributed by atoms with Gasteiger partial charge in [-0.3, -0.25) is 4.79 Å². The van der Waals surface area contributed by atoms with Gasteiger partial charge in [0.15, 0.2) is 0 Å². The van der Waals surface area contributed by atoms with Gasteiger partial charge in [0.25, 0.3) is 0 Å². The smallest absolute Gasteiger partial charge is 0.143 e. The molecule has 3 atom stereocenters. The summed E-state index contributed by atoms with van der Waals surface area (Å²) in [4.78, 5) is 11.4. The average molecular weight is 152 g/mol. The molecule has 0 aromatic heterocycles. The number of carbonyl (C=O) groups is 1. The van der Waals surface area contributed by atoms with Crippen LogP contribution in [0, 0.1) is 17.8 Å². The lowest BCUT2D eigenvalue weighted by Gasteiger charge is -2.20. The van der Waals surface area contributed by atoms with Gasteiger partial charge in [-0.15, -0.1) is 0 Å². The standard InChI is InChI=1S/C9H12O2/c10-5-7-2-1-6-3-4-8(7)9(6)11/h1-2,6-8,10H,3-5H2. The summed E-state index contributed by atoms with van der Waals surface area (Å²) >= 11 is 0. The molecule has 0 aromatic rings. The lowest BCUT2D eigenvalue weighted by Crippen LogP contribution is -2.26.